The predicted molar refractivity (Wildman–Crippen MR) is 104 cm³/mol. The Bertz CT molecular complexity index is 1240. The lowest BCUT2D eigenvalue weighted by Gasteiger charge is -2.06. The topological polar surface area (TPSA) is 91.1 Å². The van der Waals surface area contributed by atoms with E-state index in [9.17, 15) is 9.59 Å². The molecule has 2 heterocycles. The van der Waals surface area contributed by atoms with Gasteiger partial charge in [0.25, 0.3) is 5.56 Å². The molecule has 3 aromatic rings. The van der Waals surface area contributed by atoms with Gasteiger partial charge in [-0.3, -0.25) is 14.3 Å². The quantitative estimate of drug-likeness (QED) is 0.688. The molecule has 1 aliphatic carbocycles. The van der Waals surface area contributed by atoms with Gasteiger partial charge in [0.2, 0.25) is 0 Å². The van der Waals surface area contributed by atoms with Gasteiger partial charge in [0.15, 0.2) is 28.5 Å². The molecule has 0 amide bonds. The van der Waals surface area contributed by atoms with E-state index >= 15 is 0 Å². The number of methoxy groups -OCH3 is 2. The average molecular weight is 380 g/mol. The van der Waals surface area contributed by atoms with Gasteiger partial charge in [-0.25, -0.2) is 9.78 Å². The van der Waals surface area contributed by atoms with E-state index in [1.54, 1.807) is 38.0 Å². The van der Waals surface area contributed by atoms with Crippen molar-refractivity contribution in [3.05, 3.63) is 50.4 Å². The third-order valence-electron chi connectivity index (χ3n) is 4.85. The number of fused-ring (bicyclic) bond motifs is 1. The molecule has 8 nitrogen and oxygen atoms in total. The first-order valence-corrected chi connectivity index (χ1v) is 8.95. The molecule has 0 aliphatic heterocycles. The second kappa shape index (κ2) is 6.93. The molecule has 1 N–H and O–H groups in total. The van der Waals surface area contributed by atoms with Crippen LogP contribution in [0.2, 0.25) is 0 Å². The van der Waals surface area contributed by atoms with Gasteiger partial charge in [0.1, 0.15) is 0 Å². The molecular formula is C20H20N4O4. The van der Waals surface area contributed by atoms with Crippen molar-refractivity contribution in [3.8, 4) is 23.3 Å². The Kier molecular flexibility index (Phi) is 4.43. The standard InChI is InChI=1S/C20H20N4O4/c1-23-16(9-7-12-6-8-14(27-2)15(10-12)28-3)21-18-17(23)19(25)22-20(26)24(18)11-13-4-5-13/h6,8,10,13H,4-5,11H2,1-3H3,(H,22,25,26). The number of aryl methyl sites for hydroxylation is 1. The minimum Gasteiger partial charge on any atom is -0.493 e. The number of H-pyrrole nitrogens is 1. The number of nitrogens with zero attached hydrogens (tertiary/aromatic N) is 3. The Morgan fingerprint density at radius 1 is 1.18 bits per heavy atom. The van der Waals surface area contributed by atoms with Crippen molar-refractivity contribution >= 4 is 11.2 Å². The van der Waals surface area contributed by atoms with E-state index in [0.29, 0.717) is 46.5 Å². The number of hydrogen-bond acceptors (Lipinski definition) is 5. The minimum atomic E-state index is -0.457. The number of rotatable bonds is 4. The number of aromatic amines is 1. The second-order valence-electron chi connectivity index (χ2n) is 6.80. The highest BCUT2D eigenvalue weighted by Crippen LogP contribution is 2.30. The maximum atomic E-state index is 12.3. The van der Waals surface area contributed by atoms with Crippen LogP contribution in [0.3, 0.4) is 0 Å². The lowest BCUT2D eigenvalue weighted by atomic mass is 10.2. The van der Waals surface area contributed by atoms with Crippen LogP contribution in [-0.2, 0) is 13.6 Å². The lowest BCUT2D eigenvalue weighted by Crippen LogP contribution is -2.31. The van der Waals surface area contributed by atoms with E-state index < -0.39 is 11.2 Å². The van der Waals surface area contributed by atoms with E-state index in [0.717, 1.165) is 12.8 Å². The Morgan fingerprint density at radius 2 is 1.93 bits per heavy atom. The van der Waals surface area contributed by atoms with E-state index in [-0.39, 0.29) is 0 Å². The van der Waals surface area contributed by atoms with E-state index in [2.05, 4.69) is 21.8 Å². The molecule has 1 saturated carbocycles. The molecule has 2 aromatic heterocycles. The second-order valence-corrected chi connectivity index (χ2v) is 6.80. The zero-order valence-electron chi connectivity index (χ0n) is 15.9. The fourth-order valence-corrected chi connectivity index (χ4v) is 3.13. The summed E-state index contributed by atoms with van der Waals surface area (Å²) in [7, 11) is 4.85. The van der Waals surface area contributed by atoms with Crippen LogP contribution in [0.15, 0.2) is 27.8 Å². The fraction of sp³-hybridized carbons (Fsp3) is 0.350. The summed E-state index contributed by atoms with van der Waals surface area (Å²) >= 11 is 0. The van der Waals surface area contributed by atoms with Crippen LogP contribution in [0.25, 0.3) is 11.2 Å². The molecule has 0 spiro atoms. The summed E-state index contributed by atoms with van der Waals surface area (Å²) in [4.78, 5) is 31.4. The Morgan fingerprint density at radius 3 is 2.61 bits per heavy atom. The van der Waals surface area contributed by atoms with Crippen LogP contribution in [-0.4, -0.2) is 33.3 Å². The van der Waals surface area contributed by atoms with Crippen molar-refractivity contribution in [2.45, 2.75) is 19.4 Å². The molecule has 0 bridgehead atoms. The summed E-state index contributed by atoms with van der Waals surface area (Å²) in [5.41, 5.74) is 0.550. The minimum absolute atomic E-state index is 0.344. The van der Waals surface area contributed by atoms with Gasteiger partial charge >= 0.3 is 5.69 Å². The molecule has 28 heavy (non-hydrogen) atoms. The number of nitrogens with one attached hydrogen (secondary N) is 1. The molecule has 1 fully saturated rings. The number of benzene rings is 1. The zero-order chi connectivity index (χ0) is 19.8. The highest BCUT2D eigenvalue weighted by Gasteiger charge is 2.25. The van der Waals surface area contributed by atoms with Gasteiger partial charge in [0.05, 0.1) is 14.2 Å². The third-order valence-corrected chi connectivity index (χ3v) is 4.85. The molecule has 0 saturated heterocycles. The van der Waals surface area contributed by atoms with E-state index in [1.807, 2.05) is 6.07 Å². The van der Waals surface area contributed by atoms with Crippen molar-refractivity contribution in [1.29, 1.82) is 0 Å². The van der Waals surface area contributed by atoms with E-state index in [1.165, 1.54) is 4.57 Å². The first-order chi connectivity index (χ1) is 13.5. The van der Waals surface area contributed by atoms with Gasteiger partial charge < -0.3 is 14.0 Å². The van der Waals surface area contributed by atoms with Crippen molar-refractivity contribution in [1.82, 2.24) is 19.1 Å². The van der Waals surface area contributed by atoms with Crippen LogP contribution in [0.1, 0.15) is 24.2 Å². The smallest absolute Gasteiger partial charge is 0.330 e. The van der Waals surface area contributed by atoms with Crippen molar-refractivity contribution in [2.24, 2.45) is 13.0 Å². The van der Waals surface area contributed by atoms with E-state index in [4.69, 9.17) is 9.47 Å². The predicted octanol–water partition coefficient (Wildman–Crippen LogP) is 1.25. The number of ether oxygens (including phenoxy) is 2. The summed E-state index contributed by atoms with van der Waals surface area (Å²) in [6.07, 6.45) is 2.18. The summed E-state index contributed by atoms with van der Waals surface area (Å²) in [5, 5.41) is 0. The monoisotopic (exact) mass is 380 g/mol. The van der Waals surface area contributed by atoms with Gasteiger partial charge in [0, 0.05) is 19.2 Å². The first-order valence-electron chi connectivity index (χ1n) is 8.95. The summed E-state index contributed by atoms with van der Waals surface area (Å²) in [6.45, 7) is 0.561. The largest absolute Gasteiger partial charge is 0.493 e. The molecule has 1 aliphatic rings. The van der Waals surface area contributed by atoms with Crippen LogP contribution >= 0.6 is 0 Å². The van der Waals surface area contributed by atoms with Crippen molar-refractivity contribution in [2.75, 3.05) is 14.2 Å². The van der Waals surface area contributed by atoms with Gasteiger partial charge in [-0.2, -0.15) is 0 Å². The molecule has 0 radical (unpaired) electrons. The molecule has 8 heteroatoms. The number of imidazole rings is 1. The molecular weight excluding hydrogens is 360 g/mol. The maximum absolute atomic E-state index is 12.3. The number of aromatic nitrogens is 4. The molecule has 0 unspecified atom stereocenters. The Balaban J connectivity index is 1.80. The summed E-state index contributed by atoms with van der Waals surface area (Å²) < 4.78 is 13.7. The van der Waals surface area contributed by atoms with Gasteiger partial charge in [-0.15, -0.1) is 0 Å². The van der Waals surface area contributed by atoms with Crippen LogP contribution in [0, 0.1) is 17.8 Å². The number of hydrogen-bond donors (Lipinski definition) is 1. The van der Waals surface area contributed by atoms with Gasteiger partial charge in [-0.05, 0) is 42.9 Å². The zero-order valence-corrected chi connectivity index (χ0v) is 15.9. The van der Waals surface area contributed by atoms with Gasteiger partial charge in [-0.1, -0.05) is 5.92 Å². The lowest BCUT2D eigenvalue weighted by molar-refractivity contribution is 0.355. The molecule has 0 atom stereocenters. The first kappa shape index (κ1) is 17.9. The summed E-state index contributed by atoms with van der Waals surface area (Å²) in [6, 6.07) is 5.35. The van der Waals surface area contributed by atoms with Crippen molar-refractivity contribution in [3.63, 3.8) is 0 Å². The summed E-state index contributed by atoms with van der Waals surface area (Å²) in [5.74, 6) is 8.08. The molecule has 1 aromatic carbocycles. The van der Waals surface area contributed by atoms with Crippen LogP contribution < -0.4 is 20.7 Å². The average Bonchev–Trinajstić information content (AvgIpc) is 3.45. The Hall–Kier alpha value is -3.47. The Labute approximate surface area is 160 Å². The van der Waals surface area contributed by atoms with Crippen molar-refractivity contribution < 1.29 is 9.47 Å². The van der Waals surface area contributed by atoms with Crippen LogP contribution in [0.5, 0.6) is 11.5 Å². The highest BCUT2D eigenvalue weighted by molar-refractivity contribution is 5.72. The molecule has 144 valence electrons. The van der Waals surface area contributed by atoms with Crippen LogP contribution in [0.4, 0.5) is 0 Å². The third kappa shape index (κ3) is 3.16. The maximum Gasteiger partial charge on any atom is 0.330 e. The molecule has 4 rings (SSSR count). The fourth-order valence-electron chi connectivity index (χ4n) is 3.13. The normalized spacial score (nSPS) is 13.2. The SMILES string of the molecule is COc1ccc(C#Cc2nc3c(c(=O)[nH]c(=O)n3CC3CC3)n2C)cc1OC. The highest BCUT2D eigenvalue weighted by atomic mass is 16.5.